The lowest BCUT2D eigenvalue weighted by atomic mass is 10.0. The summed E-state index contributed by atoms with van der Waals surface area (Å²) in [6, 6.07) is 12.8. The number of nitrogens with two attached hydrogens (primary N) is 1. The second-order valence-electron chi connectivity index (χ2n) is 6.50. The third-order valence-corrected chi connectivity index (χ3v) is 5.49. The van der Waals surface area contributed by atoms with Crippen molar-refractivity contribution in [1.29, 1.82) is 0 Å². The van der Waals surface area contributed by atoms with Gasteiger partial charge < -0.3 is 11.1 Å². The normalized spacial score (nSPS) is 17.1. The van der Waals surface area contributed by atoms with Crippen LogP contribution < -0.4 is 11.1 Å². The first-order valence-corrected chi connectivity index (χ1v) is 9.38. The molecule has 1 aliphatic heterocycles. The van der Waals surface area contributed by atoms with Gasteiger partial charge in [0.1, 0.15) is 0 Å². The molecule has 2 aromatic rings. The van der Waals surface area contributed by atoms with Crippen molar-refractivity contribution in [2.45, 2.75) is 38.4 Å². The molecule has 0 spiro atoms. The molecule has 0 saturated carbocycles. The molecule has 0 bridgehead atoms. The van der Waals surface area contributed by atoms with E-state index in [0.29, 0.717) is 13.0 Å². The Morgan fingerprint density at radius 2 is 2.12 bits per heavy atom. The van der Waals surface area contributed by atoms with Crippen molar-refractivity contribution < 1.29 is 4.79 Å². The predicted molar refractivity (Wildman–Crippen MR) is 98.9 cm³/mol. The number of nitrogens with one attached hydrogen (secondary N) is 1. The Kier molecular flexibility index (Phi) is 5.66. The second-order valence-corrected chi connectivity index (χ2v) is 7.50. The van der Waals surface area contributed by atoms with Crippen LogP contribution in [0.25, 0.3) is 0 Å². The molecule has 2 heterocycles. The summed E-state index contributed by atoms with van der Waals surface area (Å²) in [5.41, 5.74) is 8.40. The fourth-order valence-corrected chi connectivity index (χ4v) is 4.13. The van der Waals surface area contributed by atoms with E-state index in [9.17, 15) is 4.79 Å². The number of rotatable bonds is 6. The number of amides is 1. The Labute approximate surface area is 147 Å². The molecule has 0 saturated heterocycles. The highest BCUT2D eigenvalue weighted by Crippen LogP contribution is 2.30. The number of hydrogen-bond donors (Lipinski definition) is 2. The zero-order valence-corrected chi connectivity index (χ0v) is 14.9. The van der Waals surface area contributed by atoms with Crippen LogP contribution in [0.1, 0.15) is 35.4 Å². The van der Waals surface area contributed by atoms with Crippen molar-refractivity contribution in [2.75, 3.05) is 13.1 Å². The van der Waals surface area contributed by atoms with Gasteiger partial charge in [-0.3, -0.25) is 9.69 Å². The molecule has 1 aliphatic rings. The molecule has 0 radical (unpaired) electrons. The fraction of sp³-hybridized carbons (Fsp3) is 0.421. The molecule has 2 atom stereocenters. The molecule has 1 aromatic heterocycles. The van der Waals surface area contributed by atoms with E-state index in [1.54, 1.807) is 0 Å². The van der Waals surface area contributed by atoms with Gasteiger partial charge in [-0.25, -0.2) is 0 Å². The molecule has 1 amide bonds. The Bertz CT molecular complexity index is 668. The minimum absolute atomic E-state index is 0.0270. The van der Waals surface area contributed by atoms with Gasteiger partial charge in [0, 0.05) is 37.0 Å². The highest BCUT2D eigenvalue weighted by molar-refractivity contribution is 7.10. The van der Waals surface area contributed by atoms with Crippen molar-refractivity contribution >= 4 is 17.2 Å². The maximum Gasteiger partial charge on any atom is 0.221 e. The van der Waals surface area contributed by atoms with E-state index < -0.39 is 0 Å². The van der Waals surface area contributed by atoms with Crippen LogP contribution in [0.4, 0.5) is 0 Å². The zero-order valence-electron chi connectivity index (χ0n) is 14.1. The van der Waals surface area contributed by atoms with Gasteiger partial charge in [-0.1, -0.05) is 30.3 Å². The molecular weight excluding hydrogens is 318 g/mol. The van der Waals surface area contributed by atoms with E-state index in [0.717, 1.165) is 19.5 Å². The first kappa shape index (κ1) is 17.1. The van der Waals surface area contributed by atoms with Crippen LogP contribution in [0, 0.1) is 0 Å². The number of fused-ring (bicyclic) bond motifs is 1. The molecule has 0 fully saturated rings. The van der Waals surface area contributed by atoms with Gasteiger partial charge in [0.15, 0.2) is 0 Å². The van der Waals surface area contributed by atoms with Crippen molar-refractivity contribution in [3.8, 4) is 0 Å². The summed E-state index contributed by atoms with van der Waals surface area (Å²) in [7, 11) is 0. The molecule has 4 nitrogen and oxygen atoms in total. The van der Waals surface area contributed by atoms with Gasteiger partial charge in [0.25, 0.3) is 0 Å². The number of nitrogens with zero attached hydrogens (tertiary/aromatic N) is 1. The van der Waals surface area contributed by atoms with Gasteiger partial charge in [0.05, 0.1) is 6.04 Å². The Morgan fingerprint density at radius 3 is 2.88 bits per heavy atom. The van der Waals surface area contributed by atoms with Gasteiger partial charge in [-0.15, -0.1) is 11.3 Å². The standard InChI is InChI=1S/C19H25N3OS/c1-14(20)11-19(23)21-12-17(15-5-3-2-4-6-15)22-9-7-18-16(13-22)8-10-24-18/h2-6,8,10,14,17H,7,9,11-13,20H2,1H3,(H,21,23). The van der Waals surface area contributed by atoms with Crippen LogP contribution in [-0.4, -0.2) is 29.9 Å². The molecule has 1 aromatic carbocycles. The third-order valence-electron chi connectivity index (χ3n) is 4.46. The summed E-state index contributed by atoms with van der Waals surface area (Å²) in [5, 5.41) is 5.25. The average molecular weight is 343 g/mol. The average Bonchev–Trinajstić information content (AvgIpc) is 3.03. The summed E-state index contributed by atoms with van der Waals surface area (Å²) in [6.07, 6.45) is 1.46. The molecular formula is C19H25N3OS. The Hall–Kier alpha value is -1.69. The molecule has 2 unspecified atom stereocenters. The molecule has 128 valence electrons. The quantitative estimate of drug-likeness (QED) is 0.848. The van der Waals surface area contributed by atoms with Crippen LogP contribution in [0.3, 0.4) is 0 Å². The largest absolute Gasteiger partial charge is 0.354 e. The Morgan fingerprint density at radius 1 is 1.33 bits per heavy atom. The van der Waals surface area contributed by atoms with Crippen molar-refractivity contribution in [3.05, 3.63) is 57.8 Å². The number of carbonyl (C=O) groups is 1. The van der Waals surface area contributed by atoms with Gasteiger partial charge in [-0.2, -0.15) is 0 Å². The van der Waals surface area contributed by atoms with Crippen LogP contribution in [-0.2, 0) is 17.8 Å². The number of benzene rings is 1. The number of carbonyl (C=O) groups excluding carboxylic acids is 1. The van der Waals surface area contributed by atoms with Gasteiger partial charge in [0.2, 0.25) is 5.91 Å². The smallest absolute Gasteiger partial charge is 0.221 e. The monoisotopic (exact) mass is 343 g/mol. The summed E-state index contributed by atoms with van der Waals surface area (Å²) in [5.74, 6) is 0.0270. The third kappa shape index (κ3) is 4.23. The first-order chi connectivity index (χ1) is 11.6. The Balaban J connectivity index is 1.72. The van der Waals surface area contributed by atoms with E-state index in [1.807, 2.05) is 24.3 Å². The number of thiophene rings is 1. The molecule has 3 rings (SSSR count). The van der Waals surface area contributed by atoms with Gasteiger partial charge >= 0.3 is 0 Å². The SMILES string of the molecule is CC(N)CC(=O)NCC(c1ccccc1)N1CCc2sccc2C1. The van der Waals surface area contributed by atoms with E-state index in [2.05, 4.69) is 45.9 Å². The maximum absolute atomic E-state index is 12.0. The maximum atomic E-state index is 12.0. The van der Waals surface area contributed by atoms with Crippen LogP contribution in [0.2, 0.25) is 0 Å². The van der Waals surface area contributed by atoms with Crippen LogP contribution in [0.15, 0.2) is 41.8 Å². The zero-order chi connectivity index (χ0) is 16.9. The molecule has 3 N–H and O–H groups in total. The minimum atomic E-state index is -0.108. The van der Waals surface area contributed by atoms with Crippen molar-refractivity contribution in [3.63, 3.8) is 0 Å². The summed E-state index contributed by atoms with van der Waals surface area (Å²) in [6.45, 7) is 4.45. The summed E-state index contributed by atoms with van der Waals surface area (Å²) < 4.78 is 0. The van der Waals surface area contributed by atoms with Gasteiger partial charge in [-0.05, 0) is 35.9 Å². The van der Waals surface area contributed by atoms with E-state index in [1.165, 1.54) is 16.0 Å². The lowest BCUT2D eigenvalue weighted by molar-refractivity contribution is -0.121. The van der Waals surface area contributed by atoms with Crippen LogP contribution in [0.5, 0.6) is 0 Å². The molecule has 24 heavy (non-hydrogen) atoms. The minimum Gasteiger partial charge on any atom is -0.354 e. The van der Waals surface area contributed by atoms with E-state index in [4.69, 9.17) is 5.73 Å². The summed E-state index contributed by atoms with van der Waals surface area (Å²) >= 11 is 1.85. The lowest BCUT2D eigenvalue weighted by Gasteiger charge is -2.35. The lowest BCUT2D eigenvalue weighted by Crippen LogP contribution is -2.41. The van der Waals surface area contributed by atoms with Crippen molar-refractivity contribution in [2.24, 2.45) is 5.73 Å². The second kappa shape index (κ2) is 7.92. The summed E-state index contributed by atoms with van der Waals surface area (Å²) in [4.78, 5) is 16.0. The van der Waals surface area contributed by atoms with Crippen molar-refractivity contribution in [1.82, 2.24) is 10.2 Å². The van der Waals surface area contributed by atoms with Crippen LogP contribution >= 0.6 is 11.3 Å². The first-order valence-electron chi connectivity index (χ1n) is 8.50. The van der Waals surface area contributed by atoms with E-state index >= 15 is 0 Å². The highest BCUT2D eigenvalue weighted by atomic mass is 32.1. The number of hydrogen-bond acceptors (Lipinski definition) is 4. The fourth-order valence-electron chi connectivity index (χ4n) is 3.24. The highest BCUT2D eigenvalue weighted by Gasteiger charge is 2.25. The predicted octanol–water partition coefficient (Wildman–Crippen LogP) is 2.70. The topological polar surface area (TPSA) is 58.4 Å². The molecule has 5 heteroatoms. The molecule has 0 aliphatic carbocycles. The van der Waals surface area contributed by atoms with E-state index in [-0.39, 0.29) is 18.0 Å².